The Morgan fingerprint density at radius 3 is 2.39 bits per heavy atom. The predicted octanol–water partition coefficient (Wildman–Crippen LogP) is 1.68. The number of hydrogen-bond donors (Lipinski definition) is 1. The first-order valence-corrected chi connectivity index (χ1v) is 12.3. The number of anilines is 1. The number of urea groups is 1. The minimum Gasteiger partial charge on any atom is -0.497 e. The van der Waals surface area contributed by atoms with E-state index in [1.54, 1.807) is 61.5 Å². The van der Waals surface area contributed by atoms with Crippen LogP contribution in [0.3, 0.4) is 0 Å². The van der Waals surface area contributed by atoms with Crippen molar-refractivity contribution >= 4 is 33.4 Å². The van der Waals surface area contributed by atoms with Crippen molar-refractivity contribution in [2.24, 2.45) is 0 Å². The van der Waals surface area contributed by atoms with E-state index in [-0.39, 0.29) is 11.5 Å². The van der Waals surface area contributed by atoms with Crippen LogP contribution in [0.5, 0.6) is 5.75 Å². The van der Waals surface area contributed by atoms with Gasteiger partial charge < -0.3 is 15.0 Å². The number of hydrogen-bond acceptors (Lipinski definition) is 6. The van der Waals surface area contributed by atoms with Crippen molar-refractivity contribution in [3.8, 4) is 5.75 Å². The number of carbonyl (C=O) groups is 3. The predicted molar refractivity (Wildman–Crippen MR) is 122 cm³/mol. The number of methoxy groups -OCH3 is 1. The number of imide groups is 1. The summed E-state index contributed by atoms with van der Waals surface area (Å²) in [6.07, 6.45) is 0.298. The summed E-state index contributed by atoms with van der Waals surface area (Å²) in [5, 5.41) is 2.68. The number of rotatable bonds is 6. The molecular weight excluding hydrogens is 446 g/mol. The molecule has 10 heteroatoms. The van der Waals surface area contributed by atoms with Gasteiger partial charge in [0.15, 0.2) is 9.84 Å². The summed E-state index contributed by atoms with van der Waals surface area (Å²) >= 11 is 0. The van der Waals surface area contributed by atoms with Crippen molar-refractivity contribution in [3.63, 3.8) is 0 Å². The smallest absolute Gasteiger partial charge is 0.325 e. The Hall–Kier alpha value is -3.40. The van der Waals surface area contributed by atoms with E-state index in [4.69, 9.17) is 4.74 Å². The normalized spacial score (nSPS) is 23.9. The molecule has 33 heavy (non-hydrogen) atoms. The van der Waals surface area contributed by atoms with E-state index in [1.165, 1.54) is 12.0 Å². The lowest BCUT2D eigenvalue weighted by Gasteiger charge is -2.30. The van der Waals surface area contributed by atoms with E-state index in [0.29, 0.717) is 23.4 Å². The number of nitrogens with zero attached hydrogens (tertiary/aromatic N) is 2. The van der Waals surface area contributed by atoms with Crippen molar-refractivity contribution in [1.82, 2.24) is 10.2 Å². The van der Waals surface area contributed by atoms with E-state index < -0.39 is 45.8 Å². The lowest BCUT2D eigenvalue weighted by Crippen LogP contribution is -2.48. The zero-order chi connectivity index (χ0) is 23.8. The van der Waals surface area contributed by atoms with Crippen LogP contribution < -0.4 is 15.0 Å². The second-order valence-corrected chi connectivity index (χ2v) is 10.6. The third-order valence-electron chi connectivity index (χ3n) is 6.11. The van der Waals surface area contributed by atoms with E-state index in [0.717, 1.165) is 4.90 Å². The molecule has 0 spiro atoms. The third-order valence-corrected chi connectivity index (χ3v) is 7.86. The first-order chi connectivity index (χ1) is 15.6. The Kier molecular flexibility index (Phi) is 5.87. The fourth-order valence-corrected chi connectivity index (χ4v) is 6.00. The first kappa shape index (κ1) is 22.8. The number of ether oxygens (including phenoxy) is 1. The Balaban J connectivity index is 1.59. The molecule has 2 heterocycles. The number of benzene rings is 2. The Labute approximate surface area is 192 Å². The van der Waals surface area contributed by atoms with Crippen LogP contribution in [-0.2, 0) is 25.0 Å². The molecule has 0 aromatic heterocycles. The van der Waals surface area contributed by atoms with Gasteiger partial charge in [-0.05, 0) is 43.2 Å². The number of sulfone groups is 1. The molecule has 4 amide bonds. The van der Waals surface area contributed by atoms with Crippen molar-refractivity contribution in [1.29, 1.82) is 0 Å². The van der Waals surface area contributed by atoms with E-state index in [2.05, 4.69) is 5.32 Å². The second-order valence-electron chi connectivity index (χ2n) is 8.33. The lowest BCUT2D eigenvalue weighted by molar-refractivity contribution is -0.134. The molecule has 1 N–H and O–H groups in total. The Morgan fingerprint density at radius 2 is 1.82 bits per heavy atom. The summed E-state index contributed by atoms with van der Waals surface area (Å²) in [6.45, 7) is 1.08. The van der Waals surface area contributed by atoms with E-state index in [9.17, 15) is 22.8 Å². The molecule has 0 aliphatic carbocycles. The number of para-hydroxylation sites is 1. The van der Waals surface area contributed by atoms with Gasteiger partial charge in [-0.1, -0.05) is 30.3 Å². The van der Waals surface area contributed by atoms with Gasteiger partial charge in [-0.15, -0.1) is 0 Å². The van der Waals surface area contributed by atoms with Gasteiger partial charge in [0.05, 0.1) is 24.7 Å². The van der Waals surface area contributed by atoms with Gasteiger partial charge >= 0.3 is 6.03 Å². The fourth-order valence-electron chi connectivity index (χ4n) is 4.30. The zero-order valence-corrected chi connectivity index (χ0v) is 19.2. The fraction of sp³-hybridized carbons (Fsp3) is 0.348. The molecule has 2 aliphatic heterocycles. The van der Waals surface area contributed by atoms with E-state index >= 15 is 0 Å². The molecular formula is C23H25N3O6S. The van der Waals surface area contributed by atoms with E-state index in [1.807, 2.05) is 0 Å². The SMILES string of the molecule is COc1ccc([C@@]2(C)NC(=O)N(CC(=O)N(c3ccccc3)[C@@H]3CCS(=O)(=O)C3)C2=O)cc1. The van der Waals surface area contributed by atoms with Gasteiger partial charge in [0.25, 0.3) is 5.91 Å². The van der Waals surface area contributed by atoms with Gasteiger partial charge in [-0.3, -0.25) is 14.5 Å². The molecule has 2 aromatic carbocycles. The summed E-state index contributed by atoms with van der Waals surface area (Å²) in [5.41, 5.74) is -0.259. The highest BCUT2D eigenvalue weighted by atomic mass is 32.2. The van der Waals surface area contributed by atoms with Crippen LogP contribution in [0.15, 0.2) is 54.6 Å². The molecule has 2 atom stereocenters. The van der Waals surface area contributed by atoms with Crippen LogP contribution in [0.1, 0.15) is 18.9 Å². The second kappa shape index (κ2) is 8.51. The number of amides is 4. The van der Waals surface area contributed by atoms with Crippen molar-refractivity contribution < 1.29 is 27.5 Å². The molecule has 0 saturated carbocycles. The monoisotopic (exact) mass is 471 g/mol. The molecule has 174 valence electrons. The third kappa shape index (κ3) is 4.30. The molecule has 9 nitrogen and oxygen atoms in total. The van der Waals surface area contributed by atoms with Crippen molar-refractivity contribution in [2.45, 2.75) is 24.9 Å². The molecule has 0 bridgehead atoms. The molecule has 4 rings (SSSR count). The maximum atomic E-state index is 13.4. The van der Waals surface area contributed by atoms with Crippen molar-refractivity contribution in [2.75, 3.05) is 30.1 Å². The van der Waals surface area contributed by atoms with Gasteiger partial charge in [0, 0.05) is 5.69 Å². The van der Waals surface area contributed by atoms with Gasteiger partial charge in [0.1, 0.15) is 17.8 Å². The van der Waals surface area contributed by atoms with Gasteiger partial charge in [-0.25, -0.2) is 13.2 Å². The van der Waals surface area contributed by atoms with Crippen molar-refractivity contribution in [3.05, 3.63) is 60.2 Å². The maximum absolute atomic E-state index is 13.4. The number of nitrogens with one attached hydrogen (secondary N) is 1. The highest BCUT2D eigenvalue weighted by Gasteiger charge is 2.50. The average Bonchev–Trinajstić information content (AvgIpc) is 3.26. The van der Waals surface area contributed by atoms with Crippen LogP contribution in [0, 0.1) is 0 Å². The summed E-state index contributed by atoms with van der Waals surface area (Å²) < 4.78 is 29.3. The van der Waals surface area contributed by atoms with Crippen LogP contribution in [0.2, 0.25) is 0 Å². The summed E-state index contributed by atoms with van der Waals surface area (Å²) in [7, 11) is -1.73. The standard InChI is InChI=1S/C23H25N3O6S/c1-23(16-8-10-19(32-2)11-9-16)21(28)25(22(29)24-23)14-20(27)26(17-6-4-3-5-7-17)18-12-13-33(30,31)15-18/h3-11,18H,12-15H2,1-2H3,(H,24,29)/t18-,23-/m1/s1. The summed E-state index contributed by atoms with van der Waals surface area (Å²) in [4.78, 5) is 41.6. The Morgan fingerprint density at radius 1 is 1.15 bits per heavy atom. The average molecular weight is 472 g/mol. The molecule has 2 saturated heterocycles. The van der Waals surface area contributed by atoms with Crippen LogP contribution >= 0.6 is 0 Å². The van der Waals surface area contributed by atoms with Crippen LogP contribution in [0.4, 0.5) is 10.5 Å². The van der Waals surface area contributed by atoms with Gasteiger partial charge in [0.2, 0.25) is 5.91 Å². The summed E-state index contributed by atoms with van der Waals surface area (Å²) in [6, 6.07) is 14.2. The topological polar surface area (TPSA) is 113 Å². The summed E-state index contributed by atoms with van der Waals surface area (Å²) in [5.74, 6) is -0.635. The quantitative estimate of drug-likeness (QED) is 0.642. The molecule has 2 aliphatic rings. The lowest BCUT2D eigenvalue weighted by atomic mass is 9.92. The highest BCUT2D eigenvalue weighted by Crippen LogP contribution is 2.31. The van der Waals surface area contributed by atoms with Gasteiger partial charge in [-0.2, -0.15) is 0 Å². The molecule has 0 unspecified atom stereocenters. The maximum Gasteiger partial charge on any atom is 0.325 e. The first-order valence-electron chi connectivity index (χ1n) is 10.5. The number of carbonyl (C=O) groups excluding carboxylic acids is 3. The van der Waals surface area contributed by atoms with Crippen LogP contribution in [0.25, 0.3) is 0 Å². The molecule has 0 radical (unpaired) electrons. The minimum absolute atomic E-state index is 0.00699. The highest BCUT2D eigenvalue weighted by molar-refractivity contribution is 7.91. The van der Waals surface area contributed by atoms with Crippen LogP contribution in [-0.4, -0.2) is 62.4 Å². The minimum atomic E-state index is -3.26. The Bertz CT molecular complexity index is 1180. The zero-order valence-electron chi connectivity index (χ0n) is 18.4. The largest absolute Gasteiger partial charge is 0.497 e. The molecule has 2 fully saturated rings. The molecule has 2 aromatic rings.